The number of carbonyl (C=O) groups is 1. The first-order valence-corrected chi connectivity index (χ1v) is 8.48. The van der Waals surface area contributed by atoms with E-state index in [2.05, 4.69) is 15.9 Å². The van der Waals surface area contributed by atoms with Crippen molar-refractivity contribution < 1.29 is 9.53 Å². The Bertz CT molecular complexity index is 177. The molecule has 0 bridgehead atoms. The minimum atomic E-state index is -0.271. The lowest BCUT2D eigenvalue weighted by Crippen LogP contribution is -2.34. The number of hydrogen-bond acceptors (Lipinski definition) is 4. The zero-order valence-electron chi connectivity index (χ0n) is 8.35. The summed E-state index contributed by atoms with van der Waals surface area (Å²) in [6, 6.07) is 1.01. The average Bonchev–Trinajstić information content (AvgIpc) is 2.10. The van der Waals surface area contributed by atoms with Gasteiger partial charge in [-0.15, -0.1) is 0 Å². The Balaban J connectivity index is 3.16. The quantitative estimate of drug-likeness (QED) is 0.214. The molecule has 76 valence electrons. The molecule has 0 rings (SSSR count). The first-order chi connectivity index (χ1) is 6.18. The fourth-order valence-corrected chi connectivity index (χ4v) is 5.94. The highest BCUT2D eigenvalue weighted by Crippen LogP contribution is 1.92. The van der Waals surface area contributed by atoms with Crippen molar-refractivity contribution in [1.82, 2.24) is 9.30 Å². The molecule has 0 aliphatic rings. The van der Waals surface area contributed by atoms with E-state index in [-0.39, 0.29) is 25.5 Å². The topological polar surface area (TPSA) is 50.4 Å². The summed E-state index contributed by atoms with van der Waals surface area (Å²) in [5, 5.41) is 0. The van der Waals surface area contributed by atoms with Crippen molar-refractivity contribution >= 4 is 35.9 Å². The summed E-state index contributed by atoms with van der Waals surface area (Å²) in [5.74, 6) is -0.271. The van der Waals surface area contributed by atoms with Gasteiger partial charge in [0.2, 0.25) is 0 Å². The van der Waals surface area contributed by atoms with Crippen molar-refractivity contribution in [2.45, 2.75) is 13.0 Å². The molecule has 13 heavy (non-hydrogen) atoms. The van der Waals surface area contributed by atoms with Crippen LogP contribution in [0.1, 0.15) is 6.92 Å². The monoisotopic (exact) mass is 234 g/mol. The van der Waals surface area contributed by atoms with Crippen LogP contribution < -0.4 is 9.30 Å². The SMILES string of the molecule is C=C(C)C(=O)OCC[SiH2]N[SiH2]N[SiH3]. The second-order valence-electron chi connectivity index (χ2n) is 2.80. The third-order valence-electron chi connectivity index (χ3n) is 1.38. The number of esters is 1. The van der Waals surface area contributed by atoms with Gasteiger partial charge in [-0.2, -0.15) is 0 Å². The van der Waals surface area contributed by atoms with E-state index >= 15 is 0 Å². The van der Waals surface area contributed by atoms with Gasteiger partial charge in [0, 0.05) is 5.57 Å². The molecule has 0 saturated heterocycles. The fraction of sp³-hybridized carbons (Fsp3) is 0.500. The van der Waals surface area contributed by atoms with Crippen LogP contribution in [-0.4, -0.2) is 42.5 Å². The Morgan fingerprint density at radius 3 is 2.92 bits per heavy atom. The third kappa shape index (κ3) is 8.12. The average molecular weight is 234 g/mol. The van der Waals surface area contributed by atoms with E-state index < -0.39 is 0 Å². The summed E-state index contributed by atoms with van der Waals surface area (Å²) in [7, 11) is 0.699. The van der Waals surface area contributed by atoms with Crippen LogP contribution in [0, 0.1) is 0 Å². The molecule has 0 aliphatic heterocycles. The molecule has 0 saturated carbocycles. The zero-order chi connectivity index (χ0) is 10.1. The highest BCUT2D eigenvalue weighted by atomic mass is 28.3. The molecule has 7 heteroatoms. The van der Waals surface area contributed by atoms with Crippen molar-refractivity contribution in [2.75, 3.05) is 6.61 Å². The minimum Gasteiger partial charge on any atom is -0.463 e. The Kier molecular flexibility index (Phi) is 8.24. The van der Waals surface area contributed by atoms with Gasteiger partial charge in [0.1, 0.15) is 0 Å². The van der Waals surface area contributed by atoms with Crippen molar-refractivity contribution in [1.29, 1.82) is 0 Å². The Morgan fingerprint density at radius 2 is 2.38 bits per heavy atom. The molecular formula is C6H18N2O2Si3. The first-order valence-electron chi connectivity index (χ1n) is 4.36. The summed E-state index contributed by atoms with van der Waals surface area (Å²) in [4.78, 5) is 10.9. The van der Waals surface area contributed by atoms with E-state index in [0.29, 0.717) is 12.2 Å². The van der Waals surface area contributed by atoms with E-state index in [4.69, 9.17) is 4.74 Å². The second-order valence-corrected chi connectivity index (χ2v) is 9.19. The van der Waals surface area contributed by atoms with Gasteiger partial charge in [0.05, 0.1) is 26.7 Å². The van der Waals surface area contributed by atoms with E-state index in [9.17, 15) is 4.79 Å². The summed E-state index contributed by atoms with van der Waals surface area (Å²) in [6.07, 6.45) is 0. The fourth-order valence-electron chi connectivity index (χ4n) is 0.699. The van der Waals surface area contributed by atoms with Crippen LogP contribution in [0.25, 0.3) is 0 Å². The van der Waals surface area contributed by atoms with Gasteiger partial charge in [0.25, 0.3) is 0 Å². The normalized spacial score (nSPS) is 11.8. The van der Waals surface area contributed by atoms with Crippen LogP contribution in [-0.2, 0) is 9.53 Å². The Hall–Kier alpha value is -0.219. The lowest BCUT2D eigenvalue weighted by Gasteiger charge is -2.04. The molecule has 2 N–H and O–H groups in total. The van der Waals surface area contributed by atoms with E-state index in [1.165, 1.54) is 0 Å². The van der Waals surface area contributed by atoms with Crippen LogP contribution in [0.2, 0.25) is 6.04 Å². The van der Waals surface area contributed by atoms with Gasteiger partial charge in [-0.1, -0.05) is 6.58 Å². The molecule has 4 nitrogen and oxygen atoms in total. The maximum Gasteiger partial charge on any atom is 0.333 e. The Labute approximate surface area is 86.9 Å². The maximum absolute atomic E-state index is 10.9. The highest BCUT2D eigenvalue weighted by Gasteiger charge is 2.01. The summed E-state index contributed by atoms with van der Waals surface area (Å²) in [5.41, 5.74) is 0.477. The highest BCUT2D eigenvalue weighted by molar-refractivity contribution is 6.52. The van der Waals surface area contributed by atoms with Crippen LogP contribution in [0.5, 0.6) is 0 Å². The second kappa shape index (κ2) is 8.38. The number of hydrogen-bond donors (Lipinski definition) is 2. The molecule has 0 aromatic heterocycles. The van der Waals surface area contributed by atoms with E-state index in [0.717, 1.165) is 16.4 Å². The molecule has 0 atom stereocenters. The Morgan fingerprint density at radius 1 is 1.69 bits per heavy atom. The van der Waals surface area contributed by atoms with Gasteiger partial charge in [-0.25, -0.2) is 4.79 Å². The van der Waals surface area contributed by atoms with Crippen LogP contribution in [0.15, 0.2) is 12.2 Å². The number of ether oxygens (including phenoxy) is 1. The predicted octanol–water partition coefficient (Wildman–Crippen LogP) is -2.93. The molecule has 0 fully saturated rings. The van der Waals surface area contributed by atoms with E-state index in [1.807, 2.05) is 0 Å². The van der Waals surface area contributed by atoms with Crippen LogP contribution >= 0.6 is 0 Å². The van der Waals surface area contributed by atoms with Gasteiger partial charge in [-0.3, -0.25) is 0 Å². The smallest absolute Gasteiger partial charge is 0.333 e. The molecule has 0 aromatic carbocycles. The largest absolute Gasteiger partial charge is 0.463 e. The molecule has 0 unspecified atom stereocenters. The summed E-state index contributed by atoms with van der Waals surface area (Å²) >= 11 is 0. The maximum atomic E-state index is 10.9. The van der Waals surface area contributed by atoms with Crippen LogP contribution in [0.4, 0.5) is 0 Å². The molecule has 0 heterocycles. The van der Waals surface area contributed by atoms with Crippen molar-refractivity contribution in [2.24, 2.45) is 0 Å². The standard InChI is InChI=1S/C6H18N2O2Si3/c1-5(2)6(9)10-3-4-12-8-13-7-11/h7-8H,1,3-4,12-13H2,2,11H3. The number of carbonyl (C=O) groups excluding carboxylic acids is 1. The number of rotatable bonds is 7. The molecule has 0 spiro atoms. The zero-order valence-corrected chi connectivity index (χ0v) is 13.2. The van der Waals surface area contributed by atoms with Crippen molar-refractivity contribution in [3.63, 3.8) is 0 Å². The number of nitrogens with one attached hydrogen (secondary N) is 2. The van der Waals surface area contributed by atoms with Gasteiger partial charge in [-0.05, 0) is 13.0 Å². The third-order valence-corrected chi connectivity index (χ3v) is 5.85. The minimum absolute atomic E-state index is 0.176. The molecular weight excluding hydrogens is 216 g/mol. The molecule has 0 amide bonds. The van der Waals surface area contributed by atoms with Crippen LogP contribution in [0.3, 0.4) is 0 Å². The van der Waals surface area contributed by atoms with Crippen molar-refractivity contribution in [3.8, 4) is 0 Å². The molecule has 0 radical (unpaired) electrons. The molecule has 0 aliphatic carbocycles. The van der Waals surface area contributed by atoms with Gasteiger partial charge < -0.3 is 14.0 Å². The van der Waals surface area contributed by atoms with Gasteiger partial charge >= 0.3 is 5.97 Å². The lowest BCUT2D eigenvalue weighted by molar-refractivity contribution is -0.138. The van der Waals surface area contributed by atoms with Gasteiger partial charge in [0.15, 0.2) is 9.84 Å². The molecule has 0 aromatic rings. The predicted molar refractivity (Wildman–Crippen MR) is 63.9 cm³/mol. The first kappa shape index (κ1) is 12.8. The lowest BCUT2D eigenvalue weighted by atomic mass is 10.4. The van der Waals surface area contributed by atoms with Crippen molar-refractivity contribution in [3.05, 3.63) is 12.2 Å². The van der Waals surface area contributed by atoms with E-state index in [1.54, 1.807) is 6.92 Å². The summed E-state index contributed by atoms with van der Waals surface area (Å²) < 4.78 is 11.6. The summed E-state index contributed by atoms with van der Waals surface area (Å²) in [6.45, 7) is 5.71.